The lowest BCUT2D eigenvalue weighted by Gasteiger charge is -2.23. The van der Waals surface area contributed by atoms with Gasteiger partial charge < -0.3 is 9.62 Å². The minimum absolute atomic E-state index is 0.0331. The number of halogens is 3. The van der Waals surface area contributed by atoms with E-state index in [2.05, 4.69) is 9.44 Å². The summed E-state index contributed by atoms with van der Waals surface area (Å²) in [6.45, 7) is 0.0907. The van der Waals surface area contributed by atoms with E-state index in [4.69, 9.17) is 23.2 Å². The van der Waals surface area contributed by atoms with Crippen molar-refractivity contribution < 1.29 is 17.6 Å². The first-order valence-corrected chi connectivity index (χ1v) is 12.5. The lowest BCUT2D eigenvalue weighted by molar-refractivity contribution is 0.0786. The summed E-state index contributed by atoms with van der Waals surface area (Å²) in [4.78, 5) is 14.6. The maximum Gasteiger partial charge on any atom is 0.264 e. The highest BCUT2D eigenvalue weighted by atomic mass is 35.5. The molecule has 0 bridgehead atoms. The molecule has 0 spiro atoms. The Morgan fingerprint density at radius 1 is 1.24 bits per heavy atom. The summed E-state index contributed by atoms with van der Waals surface area (Å²) in [6.07, 6.45) is 6.37. The third-order valence-corrected chi connectivity index (χ3v) is 7.56. The van der Waals surface area contributed by atoms with Crippen LogP contribution in [0.4, 0.5) is 10.1 Å². The quantitative estimate of drug-likeness (QED) is 0.522. The van der Waals surface area contributed by atoms with Crippen molar-refractivity contribution >= 4 is 57.0 Å². The zero-order valence-electron chi connectivity index (χ0n) is 17.1. The molecular weight excluding hydrogens is 510 g/mol. The van der Waals surface area contributed by atoms with Crippen LogP contribution in [0.25, 0.3) is 0 Å². The molecule has 2 aromatic rings. The summed E-state index contributed by atoms with van der Waals surface area (Å²) in [5.41, 5.74) is 1.13. The zero-order valence-corrected chi connectivity index (χ0v) is 20.2. The third-order valence-electron chi connectivity index (χ3n) is 4.82. The van der Waals surface area contributed by atoms with E-state index >= 15 is 0 Å². The summed E-state index contributed by atoms with van der Waals surface area (Å²) in [5, 5.41) is 0.440. The first-order valence-electron chi connectivity index (χ1n) is 9.48. The lowest BCUT2D eigenvalue weighted by atomic mass is 10.1. The Morgan fingerprint density at radius 3 is 2.79 bits per heavy atom. The summed E-state index contributed by atoms with van der Waals surface area (Å²) in [5.74, 6) is -0.954. The molecule has 0 atom stereocenters. The van der Waals surface area contributed by atoms with Gasteiger partial charge in [0.25, 0.3) is 15.9 Å². The molecule has 4 rings (SSSR count). The standard InChI is InChI=1S/C21H17Cl2FN4O3S2/c1-27(12-13-4-6-15(24)10-17(13)23)21(29)16-7-5-14(22)9-18(16)26-33(30,31)20-3-2-8-28-19(20)11-25-32-28/h2-11,25-26H,12H2,1H3. The highest BCUT2D eigenvalue weighted by Crippen LogP contribution is 2.34. The molecule has 0 radical (unpaired) electrons. The van der Waals surface area contributed by atoms with Crippen molar-refractivity contribution in [1.29, 1.82) is 0 Å². The third kappa shape index (κ3) is 4.98. The Balaban J connectivity index is 1.61. The van der Waals surface area contributed by atoms with E-state index in [0.717, 1.165) is 6.07 Å². The maximum absolute atomic E-state index is 13.3. The number of amides is 1. The molecule has 0 saturated carbocycles. The molecule has 2 N–H and O–H groups in total. The number of hydrogen-bond acceptors (Lipinski definition) is 6. The van der Waals surface area contributed by atoms with Crippen LogP contribution in [0, 0.1) is 5.82 Å². The van der Waals surface area contributed by atoms with Gasteiger partial charge in [0.1, 0.15) is 10.7 Å². The van der Waals surface area contributed by atoms with E-state index in [9.17, 15) is 17.6 Å². The number of hydrogen-bond donors (Lipinski definition) is 2. The van der Waals surface area contributed by atoms with Crippen LogP contribution in [0.5, 0.6) is 0 Å². The number of rotatable bonds is 6. The van der Waals surface area contributed by atoms with E-state index in [0.29, 0.717) is 11.3 Å². The number of fused-ring (bicyclic) bond motifs is 1. The number of carbonyl (C=O) groups is 1. The van der Waals surface area contributed by atoms with Gasteiger partial charge in [0.15, 0.2) is 0 Å². The van der Waals surface area contributed by atoms with E-state index in [-0.39, 0.29) is 32.7 Å². The van der Waals surface area contributed by atoms with Crippen molar-refractivity contribution in [3.63, 3.8) is 0 Å². The predicted molar refractivity (Wildman–Crippen MR) is 129 cm³/mol. The Hall–Kier alpha value is -2.66. The predicted octanol–water partition coefficient (Wildman–Crippen LogP) is 4.87. The van der Waals surface area contributed by atoms with Gasteiger partial charge >= 0.3 is 0 Å². The number of benzene rings is 2. The summed E-state index contributed by atoms with van der Waals surface area (Å²) >= 11 is 13.4. The first-order chi connectivity index (χ1) is 15.7. The van der Waals surface area contributed by atoms with E-state index < -0.39 is 21.7 Å². The Bertz CT molecular complexity index is 1330. The highest BCUT2D eigenvalue weighted by molar-refractivity contribution is 7.97. The van der Waals surface area contributed by atoms with Crippen LogP contribution in [0.3, 0.4) is 0 Å². The molecule has 33 heavy (non-hydrogen) atoms. The molecule has 0 aromatic heterocycles. The molecule has 2 heterocycles. The molecule has 2 aliphatic heterocycles. The van der Waals surface area contributed by atoms with Crippen molar-refractivity contribution in [2.24, 2.45) is 0 Å². The van der Waals surface area contributed by atoms with Crippen LogP contribution in [0.15, 0.2) is 71.6 Å². The summed E-state index contributed by atoms with van der Waals surface area (Å²) in [7, 11) is -2.52. The Labute approximate surface area is 204 Å². The fraction of sp³-hybridized carbons (Fsp3) is 0.0952. The summed E-state index contributed by atoms with van der Waals surface area (Å²) in [6, 6.07) is 8.22. The number of nitrogens with one attached hydrogen (secondary N) is 2. The van der Waals surface area contributed by atoms with Crippen molar-refractivity contribution in [1.82, 2.24) is 13.9 Å². The van der Waals surface area contributed by atoms with Gasteiger partial charge in [-0.3, -0.25) is 13.8 Å². The van der Waals surface area contributed by atoms with Crippen LogP contribution in [0.1, 0.15) is 15.9 Å². The second-order valence-corrected chi connectivity index (χ2v) is 10.4. The monoisotopic (exact) mass is 526 g/mol. The van der Waals surface area contributed by atoms with Crippen LogP contribution < -0.4 is 9.44 Å². The fourth-order valence-electron chi connectivity index (χ4n) is 3.23. The number of sulfonamides is 1. The van der Waals surface area contributed by atoms with Crippen molar-refractivity contribution in [3.05, 3.63) is 98.5 Å². The SMILES string of the molecule is CN(Cc1ccc(F)cc1Cl)C(=O)c1ccc(Cl)cc1NS(=O)(=O)C1=CC=CN2SNC=C12. The maximum atomic E-state index is 13.3. The number of anilines is 1. The van der Waals surface area contributed by atoms with Gasteiger partial charge in [-0.05, 0) is 48.0 Å². The van der Waals surface area contributed by atoms with Gasteiger partial charge in [-0.1, -0.05) is 29.3 Å². The molecule has 0 unspecified atom stereocenters. The zero-order chi connectivity index (χ0) is 23.8. The average molecular weight is 527 g/mol. The number of allylic oxidation sites excluding steroid dienone is 2. The second-order valence-electron chi connectivity index (χ2n) is 7.13. The molecule has 12 heteroatoms. The molecule has 1 amide bonds. The van der Waals surface area contributed by atoms with Crippen LogP contribution in [-0.4, -0.2) is 30.6 Å². The minimum atomic E-state index is -4.06. The van der Waals surface area contributed by atoms with Crippen molar-refractivity contribution in [3.8, 4) is 0 Å². The van der Waals surface area contributed by atoms with E-state index in [1.165, 1.54) is 60.5 Å². The van der Waals surface area contributed by atoms with E-state index in [1.807, 2.05) is 0 Å². The molecule has 7 nitrogen and oxygen atoms in total. The normalized spacial score (nSPS) is 14.8. The minimum Gasteiger partial charge on any atom is -0.337 e. The van der Waals surface area contributed by atoms with E-state index in [1.54, 1.807) is 22.8 Å². The van der Waals surface area contributed by atoms with Gasteiger partial charge in [-0.15, -0.1) is 0 Å². The molecule has 2 aromatic carbocycles. The lowest BCUT2D eigenvalue weighted by Crippen LogP contribution is -2.28. The van der Waals surface area contributed by atoms with Gasteiger partial charge in [0.2, 0.25) is 0 Å². The molecule has 172 valence electrons. The van der Waals surface area contributed by atoms with Gasteiger partial charge in [0.05, 0.1) is 29.1 Å². The fourth-order valence-corrected chi connectivity index (χ4v) is 5.61. The largest absolute Gasteiger partial charge is 0.337 e. The molecule has 0 aliphatic carbocycles. The first kappa shape index (κ1) is 23.5. The molecule has 0 saturated heterocycles. The Kier molecular flexibility index (Phi) is 6.62. The topological polar surface area (TPSA) is 81.8 Å². The van der Waals surface area contributed by atoms with Crippen LogP contribution in [-0.2, 0) is 16.6 Å². The average Bonchev–Trinajstić information content (AvgIpc) is 3.24. The van der Waals surface area contributed by atoms with Crippen LogP contribution >= 0.6 is 35.3 Å². The Morgan fingerprint density at radius 2 is 2.03 bits per heavy atom. The van der Waals surface area contributed by atoms with Gasteiger partial charge in [-0.2, -0.15) is 0 Å². The van der Waals surface area contributed by atoms with Gasteiger partial charge in [-0.25, -0.2) is 12.8 Å². The van der Waals surface area contributed by atoms with Gasteiger partial charge in [0, 0.05) is 36.0 Å². The summed E-state index contributed by atoms with van der Waals surface area (Å²) < 4.78 is 46.7. The highest BCUT2D eigenvalue weighted by Gasteiger charge is 2.31. The molecule has 0 fully saturated rings. The number of nitrogens with zero attached hydrogens (tertiary/aromatic N) is 2. The number of carbonyl (C=O) groups excluding carboxylic acids is 1. The molecular formula is C21H17Cl2FN4O3S2. The van der Waals surface area contributed by atoms with Crippen molar-refractivity contribution in [2.45, 2.75) is 6.54 Å². The molecule has 2 aliphatic rings. The van der Waals surface area contributed by atoms with Crippen molar-refractivity contribution in [2.75, 3.05) is 11.8 Å². The smallest absolute Gasteiger partial charge is 0.264 e. The second kappa shape index (κ2) is 9.30. The van der Waals surface area contributed by atoms with Crippen LogP contribution in [0.2, 0.25) is 10.0 Å².